The summed E-state index contributed by atoms with van der Waals surface area (Å²) in [5.74, 6) is 1.47. The number of methoxy groups -OCH3 is 1. The Labute approximate surface area is 157 Å². The van der Waals surface area contributed by atoms with Gasteiger partial charge in [0.05, 0.1) is 6.61 Å². The lowest BCUT2D eigenvalue weighted by Gasteiger charge is -2.18. The zero-order valence-electron chi connectivity index (χ0n) is 15.8. The fourth-order valence-electron chi connectivity index (χ4n) is 2.43. The molecule has 0 amide bonds. The fraction of sp³-hybridized carbons (Fsp3) is 0.588. The molecule has 0 aliphatic carbocycles. The van der Waals surface area contributed by atoms with Crippen molar-refractivity contribution in [2.24, 2.45) is 4.99 Å². The Bertz CT molecular complexity index is 631. The standard InChI is InChI=1S/C17H26F2N4O4/c1-20-17(21-4-5-23(2)6-7-24-3)22-10-12-8-14-15(26-11-25-14)9-13(12)27-16(18)19/h8-9,16H,4-7,10-11H2,1-3H3,(H2,20,21,22). The number of benzene rings is 1. The van der Waals surface area contributed by atoms with Crippen LogP contribution in [0.5, 0.6) is 17.2 Å². The van der Waals surface area contributed by atoms with Gasteiger partial charge in [0.2, 0.25) is 6.79 Å². The normalized spacial score (nSPS) is 13.4. The molecule has 152 valence electrons. The molecule has 0 bridgehead atoms. The van der Waals surface area contributed by atoms with Crippen LogP contribution < -0.4 is 24.8 Å². The highest BCUT2D eigenvalue weighted by molar-refractivity contribution is 5.79. The summed E-state index contributed by atoms with van der Waals surface area (Å²) in [5, 5.41) is 6.25. The van der Waals surface area contributed by atoms with E-state index in [0.29, 0.717) is 36.2 Å². The van der Waals surface area contributed by atoms with Crippen LogP contribution in [0.3, 0.4) is 0 Å². The van der Waals surface area contributed by atoms with Crippen LogP contribution in [0.25, 0.3) is 0 Å². The zero-order chi connectivity index (χ0) is 19.6. The Kier molecular flexibility index (Phi) is 8.34. The average Bonchev–Trinajstić information content (AvgIpc) is 3.09. The lowest BCUT2D eigenvalue weighted by atomic mass is 10.1. The first-order valence-electron chi connectivity index (χ1n) is 8.52. The van der Waals surface area contributed by atoms with Gasteiger partial charge in [0.15, 0.2) is 17.5 Å². The number of nitrogens with zero attached hydrogens (tertiary/aromatic N) is 2. The molecule has 8 nitrogen and oxygen atoms in total. The summed E-state index contributed by atoms with van der Waals surface area (Å²) in [7, 11) is 5.30. The highest BCUT2D eigenvalue weighted by Gasteiger charge is 2.20. The summed E-state index contributed by atoms with van der Waals surface area (Å²) >= 11 is 0. The van der Waals surface area contributed by atoms with Gasteiger partial charge >= 0.3 is 6.61 Å². The molecule has 2 rings (SSSR count). The van der Waals surface area contributed by atoms with Crippen LogP contribution in [-0.2, 0) is 11.3 Å². The molecular weight excluding hydrogens is 362 g/mol. The van der Waals surface area contributed by atoms with Gasteiger partial charge in [0, 0.05) is 52.0 Å². The molecule has 2 N–H and O–H groups in total. The number of likely N-dealkylation sites (N-methyl/N-ethyl adjacent to an activating group) is 1. The van der Waals surface area contributed by atoms with Crippen LogP contribution in [-0.4, -0.2) is 71.7 Å². The maximum atomic E-state index is 12.7. The van der Waals surface area contributed by atoms with Crippen molar-refractivity contribution in [2.45, 2.75) is 13.2 Å². The van der Waals surface area contributed by atoms with E-state index in [9.17, 15) is 8.78 Å². The van der Waals surface area contributed by atoms with Gasteiger partial charge in [-0.2, -0.15) is 8.78 Å². The van der Waals surface area contributed by atoms with Crippen molar-refractivity contribution in [3.63, 3.8) is 0 Å². The predicted molar refractivity (Wildman–Crippen MR) is 96.8 cm³/mol. The molecule has 27 heavy (non-hydrogen) atoms. The van der Waals surface area contributed by atoms with Gasteiger partial charge < -0.3 is 34.5 Å². The minimum absolute atomic E-state index is 0.0384. The van der Waals surface area contributed by atoms with E-state index in [1.165, 1.54) is 6.07 Å². The number of rotatable bonds is 10. The lowest BCUT2D eigenvalue weighted by Crippen LogP contribution is -2.41. The number of hydrogen-bond acceptors (Lipinski definition) is 6. The Morgan fingerprint density at radius 2 is 2.00 bits per heavy atom. The summed E-state index contributed by atoms with van der Waals surface area (Å²) in [6.45, 7) is 0.327. The second-order valence-electron chi connectivity index (χ2n) is 5.84. The Morgan fingerprint density at radius 1 is 1.26 bits per heavy atom. The highest BCUT2D eigenvalue weighted by atomic mass is 19.3. The molecule has 0 radical (unpaired) electrons. The Balaban J connectivity index is 1.90. The van der Waals surface area contributed by atoms with Gasteiger partial charge in [-0.1, -0.05) is 0 Å². The van der Waals surface area contributed by atoms with Gasteiger partial charge in [-0.3, -0.25) is 4.99 Å². The molecule has 0 atom stereocenters. The van der Waals surface area contributed by atoms with Crippen molar-refractivity contribution in [1.29, 1.82) is 0 Å². The van der Waals surface area contributed by atoms with Crippen LogP contribution in [0, 0.1) is 0 Å². The quantitative estimate of drug-likeness (QED) is 0.462. The van der Waals surface area contributed by atoms with Gasteiger partial charge in [0.1, 0.15) is 5.75 Å². The molecule has 1 aromatic carbocycles. The van der Waals surface area contributed by atoms with Crippen LogP contribution >= 0.6 is 0 Å². The van der Waals surface area contributed by atoms with Crippen molar-refractivity contribution >= 4 is 5.96 Å². The van der Waals surface area contributed by atoms with Crippen molar-refractivity contribution in [2.75, 3.05) is 54.2 Å². The number of guanidine groups is 1. The smallest absolute Gasteiger partial charge is 0.387 e. The van der Waals surface area contributed by atoms with E-state index < -0.39 is 6.61 Å². The third-order valence-corrected chi connectivity index (χ3v) is 3.90. The minimum Gasteiger partial charge on any atom is -0.454 e. The molecule has 1 aliphatic heterocycles. The monoisotopic (exact) mass is 388 g/mol. The van der Waals surface area contributed by atoms with Crippen molar-refractivity contribution in [3.05, 3.63) is 17.7 Å². The third kappa shape index (κ3) is 6.72. The molecule has 0 aromatic heterocycles. The van der Waals surface area contributed by atoms with E-state index in [1.807, 2.05) is 7.05 Å². The first-order chi connectivity index (χ1) is 13.0. The zero-order valence-corrected chi connectivity index (χ0v) is 15.8. The van der Waals surface area contributed by atoms with E-state index in [1.54, 1.807) is 20.2 Å². The molecule has 0 fully saturated rings. The number of nitrogens with one attached hydrogen (secondary N) is 2. The first-order valence-corrected chi connectivity index (χ1v) is 8.52. The van der Waals surface area contributed by atoms with Crippen molar-refractivity contribution < 1.29 is 27.7 Å². The summed E-state index contributed by atoms with van der Waals surface area (Å²) in [6, 6.07) is 3.03. The second-order valence-corrected chi connectivity index (χ2v) is 5.84. The van der Waals surface area contributed by atoms with Gasteiger partial charge in [-0.05, 0) is 13.1 Å². The molecular formula is C17H26F2N4O4. The molecule has 0 saturated carbocycles. The van der Waals surface area contributed by atoms with E-state index in [4.69, 9.17) is 14.2 Å². The van der Waals surface area contributed by atoms with Crippen LogP contribution in [0.1, 0.15) is 5.56 Å². The fourth-order valence-corrected chi connectivity index (χ4v) is 2.43. The Morgan fingerprint density at radius 3 is 2.67 bits per heavy atom. The van der Waals surface area contributed by atoms with Gasteiger partial charge in [0.25, 0.3) is 0 Å². The molecule has 1 aliphatic rings. The first kappa shape index (κ1) is 21.0. The summed E-state index contributed by atoms with van der Waals surface area (Å²) < 4.78 is 45.5. The van der Waals surface area contributed by atoms with Crippen LogP contribution in [0.15, 0.2) is 17.1 Å². The molecule has 0 unspecified atom stereocenters. The number of alkyl halides is 2. The maximum Gasteiger partial charge on any atom is 0.387 e. The molecule has 1 aromatic rings. The molecule has 0 spiro atoms. The summed E-state index contributed by atoms with van der Waals surface area (Å²) in [4.78, 5) is 6.25. The van der Waals surface area contributed by atoms with E-state index in [-0.39, 0.29) is 19.1 Å². The number of ether oxygens (including phenoxy) is 4. The number of halogens is 2. The molecule has 10 heteroatoms. The Hall–Kier alpha value is -2.33. The third-order valence-electron chi connectivity index (χ3n) is 3.90. The van der Waals surface area contributed by atoms with E-state index in [2.05, 4.69) is 25.3 Å². The summed E-state index contributed by atoms with van der Waals surface area (Å²) in [5.41, 5.74) is 0.514. The SMILES string of the molecule is CN=C(NCCN(C)CCOC)NCc1cc2c(cc1OC(F)F)OCO2. The predicted octanol–water partition coefficient (Wildman–Crippen LogP) is 1.26. The number of aliphatic imine (C=N–C) groups is 1. The average molecular weight is 388 g/mol. The lowest BCUT2D eigenvalue weighted by molar-refractivity contribution is -0.0505. The van der Waals surface area contributed by atoms with Crippen molar-refractivity contribution in [3.8, 4) is 17.2 Å². The highest BCUT2D eigenvalue weighted by Crippen LogP contribution is 2.38. The number of fused-ring (bicyclic) bond motifs is 1. The van der Waals surface area contributed by atoms with Crippen LogP contribution in [0.2, 0.25) is 0 Å². The minimum atomic E-state index is -2.93. The topological polar surface area (TPSA) is 76.6 Å². The summed E-state index contributed by atoms with van der Waals surface area (Å²) in [6.07, 6.45) is 0. The largest absolute Gasteiger partial charge is 0.454 e. The molecule has 1 heterocycles. The van der Waals surface area contributed by atoms with Gasteiger partial charge in [-0.15, -0.1) is 0 Å². The van der Waals surface area contributed by atoms with Crippen LogP contribution in [0.4, 0.5) is 8.78 Å². The number of hydrogen-bond donors (Lipinski definition) is 2. The maximum absolute atomic E-state index is 12.7. The van der Waals surface area contributed by atoms with E-state index in [0.717, 1.165) is 13.1 Å². The van der Waals surface area contributed by atoms with Gasteiger partial charge in [-0.25, -0.2) is 0 Å². The second kappa shape index (κ2) is 10.7. The molecule has 0 saturated heterocycles. The van der Waals surface area contributed by atoms with Crippen molar-refractivity contribution in [1.82, 2.24) is 15.5 Å². The van der Waals surface area contributed by atoms with E-state index >= 15 is 0 Å².